The van der Waals surface area contributed by atoms with Crippen LogP contribution in [-0.4, -0.2) is 5.91 Å². The maximum Gasteiger partial charge on any atom is 0.237 e. The van der Waals surface area contributed by atoms with Gasteiger partial charge in [-0.05, 0) is 12.3 Å². The Hall–Kier alpha value is -1.08. The molecule has 0 spiro atoms. The quantitative estimate of drug-likeness (QED) is 0.308. The zero-order chi connectivity index (χ0) is 7.56. The Morgan fingerprint density at radius 1 is 1.90 bits per heavy atom. The molecule has 0 bridgehead atoms. The van der Waals surface area contributed by atoms with E-state index in [1.165, 1.54) is 0 Å². The molecule has 1 aliphatic carbocycles. The largest absolute Gasteiger partial charge is 0.294 e. The minimum atomic E-state index is -0.139. The maximum atomic E-state index is 10.7. The zero-order valence-corrected chi connectivity index (χ0v) is 5.50. The molecule has 0 aromatic rings. The van der Waals surface area contributed by atoms with Gasteiger partial charge in [0.05, 0.1) is 6.07 Å². The monoisotopic (exact) mass is 139 g/mol. The first-order chi connectivity index (χ1) is 4.79. The van der Waals surface area contributed by atoms with Gasteiger partial charge in [0.1, 0.15) is 0 Å². The molecule has 0 saturated heterocycles. The van der Waals surface area contributed by atoms with Crippen LogP contribution in [-0.2, 0) is 4.79 Å². The van der Waals surface area contributed by atoms with E-state index in [0.29, 0.717) is 6.42 Å². The molecule has 1 aliphatic rings. The smallest absolute Gasteiger partial charge is 0.237 e. The van der Waals surface area contributed by atoms with Gasteiger partial charge in [-0.1, -0.05) is 0 Å². The van der Waals surface area contributed by atoms with Crippen molar-refractivity contribution < 1.29 is 4.79 Å². The van der Waals surface area contributed by atoms with Crippen LogP contribution >= 0.6 is 0 Å². The Kier molecular flexibility index (Phi) is 1.88. The molecule has 1 amide bonds. The Balaban J connectivity index is 2.26. The average molecular weight is 139 g/mol. The van der Waals surface area contributed by atoms with Crippen molar-refractivity contribution >= 4 is 5.91 Å². The molecule has 2 atom stereocenters. The summed E-state index contributed by atoms with van der Waals surface area (Å²) >= 11 is 0. The van der Waals surface area contributed by atoms with E-state index >= 15 is 0 Å². The van der Waals surface area contributed by atoms with Gasteiger partial charge in [0.25, 0.3) is 0 Å². The van der Waals surface area contributed by atoms with Gasteiger partial charge >= 0.3 is 0 Å². The van der Waals surface area contributed by atoms with Gasteiger partial charge in [-0.15, -0.1) is 0 Å². The Morgan fingerprint density at radius 3 is 3.10 bits per heavy atom. The third-order valence-electron chi connectivity index (χ3n) is 1.76. The topological polar surface area (TPSA) is 78.9 Å². The van der Waals surface area contributed by atoms with E-state index in [-0.39, 0.29) is 17.7 Å². The van der Waals surface area contributed by atoms with Crippen LogP contribution in [0.5, 0.6) is 0 Å². The fraction of sp³-hybridized carbons (Fsp3) is 0.667. The predicted octanol–water partition coefficient (Wildman–Crippen LogP) is -0.474. The van der Waals surface area contributed by atoms with Crippen LogP contribution in [0.25, 0.3) is 0 Å². The second-order valence-corrected chi connectivity index (χ2v) is 2.47. The number of nitriles is 1. The molecule has 3 N–H and O–H groups in total. The zero-order valence-electron chi connectivity index (χ0n) is 5.50. The number of hydrazine groups is 1. The average Bonchev–Trinajstić information content (AvgIpc) is 2.67. The van der Waals surface area contributed by atoms with E-state index in [0.717, 1.165) is 6.42 Å². The lowest BCUT2D eigenvalue weighted by molar-refractivity contribution is -0.122. The lowest BCUT2D eigenvalue weighted by Gasteiger charge is -1.93. The van der Waals surface area contributed by atoms with Crippen LogP contribution in [0.4, 0.5) is 0 Å². The summed E-state index contributed by atoms with van der Waals surface area (Å²) in [4.78, 5) is 10.7. The van der Waals surface area contributed by atoms with Crippen molar-refractivity contribution in [1.82, 2.24) is 5.43 Å². The number of hydrogen-bond donors (Lipinski definition) is 2. The molecule has 0 aromatic carbocycles. The van der Waals surface area contributed by atoms with E-state index in [1.54, 1.807) is 0 Å². The van der Waals surface area contributed by atoms with Gasteiger partial charge in [0.2, 0.25) is 5.91 Å². The lowest BCUT2D eigenvalue weighted by atomic mass is 10.2. The molecule has 0 aromatic heterocycles. The number of nitrogens with zero attached hydrogens (tertiary/aromatic N) is 1. The van der Waals surface area contributed by atoms with E-state index in [1.807, 2.05) is 6.07 Å². The van der Waals surface area contributed by atoms with Crippen LogP contribution in [0.3, 0.4) is 0 Å². The molecule has 0 heterocycles. The second-order valence-electron chi connectivity index (χ2n) is 2.47. The first-order valence-corrected chi connectivity index (χ1v) is 3.17. The molecule has 0 radical (unpaired) electrons. The highest BCUT2D eigenvalue weighted by Crippen LogP contribution is 2.40. The molecule has 1 fully saturated rings. The van der Waals surface area contributed by atoms with Crippen molar-refractivity contribution in [2.45, 2.75) is 12.8 Å². The summed E-state index contributed by atoms with van der Waals surface area (Å²) in [5.41, 5.74) is 2.07. The Bertz CT molecular complexity index is 184. The summed E-state index contributed by atoms with van der Waals surface area (Å²) < 4.78 is 0. The molecule has 54 valence electrons. The van der Waals surface area contributed by atoms with Crippen molar-refractivity contribution in [3.05, 3.63) is 0 Å². The molecule has 1 rings (SSSR count). The van der Waals surface area contributed by atoms with Gasteiger partial charge in [0.15, 0.2) is 0 Å². The molecule has 10 heavy (non-hydrogen) atoms. The standard InChI is InChI=1S/C6H9N3O/c7-2-1-4-3-5(4)6(10)9-8/h4-5H,1,3,8H2,(H,9,10)/t4-,5+/m0/s1. The summed E-state index contributed by atoms with van der Waals surface area (Å²) in [7, 11) is 0. The summed E-state index contributed by atoms with van der Waals surface area (Å²) in [6, 6.07) is 2.02. The fourth-order valence-corrected chi connectivity index (χ4v) is 1.02. The maximum absolute atomic E-state index is 10.7. The highest BCUT2D eigenvalue weighted by molar-refractivity contribution is 5.80. The summed E-state index contributed by atoms with van der Waals surface area (Å²) in [5.74, 6) is 5.01. The lowest BCUT2D eigenvalue weighted by Crippen LogP contribution is -2.31. The number of rotatable bonds is 2. The molecule has 4 heteroatoms. The molecular weight excluding hydrogens is 130 g/mol. The van der Waals surface area contributed by atoms with E-state index < -0.39 is 0 Å². The Labute approximate surface area is 59.0 Å². The van der Waals surface area contributed by atoms with Crippen molar-refractivity contribution in [3.63, 3.8) is 0 Å². The van der Waals surface area contributed by atoms with Crippen LogP contribution in [0, 0.1) is 23.2 Å². The van der Waals surface area contributed by atoms with Crippen molar-refractivity contribution in [2.75, 3.05) is 0 Å². The van der Waals surface area contributed by atoms with Crippen molar-refractivity contribution in [1.29, 1.82) is 5.26 Å². The highest BCUT2D eigenvalue weighted by Gasteiger charge is 2.42. The number of hydrogen-bond acceptors (Lipinski definition) is 3. The first-order valence-electron chi connectivity index (χ1n) is 3.17. The van der Waals surface area contributed by atoms with Crippen LogP contribution in [0.15, 0.2) is 0 Å². The fourth-order valence-electron chi connectivity index (χ4n) is 1.02. The van der Waals surface area contributed by atoms with Gasteiger partial charge in [0, 0.05) is 12.3 Å². The van der Waals surface area contributed by atoms with Crippen LogP contribution in [0.1, 0.15) is 12.8 Å². The second kappa shape index (κ2) is 2.67. The van der Waals surface area contributed by atoms with Crippen LogP contribution < -0.4 is 11.3 Å². The minimum Gasteiger partial charge on any atom is -0.294 e. The Morgan fingerprint density at radius 2 is 2.60 bits per heavy atom. The number of carbonyl (C=O) groups is 1. The third-order valence-corrected chi connectivity index (χ3v) is 1.76. The van der Waals surface area contributed by atoms with Gasteiger partial charge in [-0.3, -0.25) is 10.2 Å². The van der Waals surface area contributed by atoms with Crippen molar-refractivity contribution in [2.24, 2.45) is 17.7 Å². The van der Waals surface area contributed by atoms with E-state index in [9.17, 15) is 4.79 Å². The van der Waals surface area contributed by atoms with E-state index in [4.69, 9.17) is 11.1 Å². The summed E-state index contributed by atoms with van der Waals surface area (Å²) in [6.07, 6.45) is 1.29. The van der Waals surface area contributed by atoms with Crippen LogP contribution in [0.2, 0.25) is 0 Å². The summed E-state index contributed by atoms with van der Waals surface area (Å²) in [5, 5.41) is 8.24. The normalized spacial score (nSPS) is 28.8. The first kappa shape index (κ1) is 7.03. The number of nitrogens with one attached hydrogen (secondary N) is 1. The highest BCUT2D eigenvalue weighted by atomic mass is 16.2. The van der Waals surface area contributed by atoms with E-state index in [2.05, 4.69) is 5.43 Å². The third kappa shape index (κ3) is 1.25. The molecule has 4 nitrogen and oxygen atoms in total. The van der Waals surface area contributed by atoms with Gasteiger partial charge < -0.3 is 0 Å². The number of nitrogens with two attached hydrogens (primary N) is 1. The SMILES string of the molecule is N#CC[C@H]1C[C@H]1C(=O)NN. The minimum absolute atomic E-state index is 0.00431. The van der Waals surface area contributed by atoms with Gasteiger partial charge in [-0.2, -0.15) is 5.26 Å². The predicted molar refractivity (Wildman–Crippen MR) is 34.2 cm³/mol. The molecule has 0 aliphatic heterocycles. The van der Waals surface area contributed by atoms with Gasteiger partial charge in [-0.25, -0.2) is 5.84 Å². The molecule has 0 unspecified atom stereocenters. The van der Waals surface area contributed by atoms with Crippen molar-refractivity contribution in [3.8, 4) is 6.07 Å². The molecule has 1 saturated carbocycles. The number of carbonyl (C=O) groups excluding carboxylic acids is 1. The summed E-state index contributed by atoms with van der Waals surface area (Å²) in [6.45, 7) is 0. The molecular formula is C6H9N3O. The number of amides is 1.